The molecule has 0 unspecified atom stereocenters. The molecule has 1 rings (SSSR count). The zero-order chi connectivity index (χ0) is 13.3. The molecule has 5 nitrogen and oxygen atoms in total. The third kappa shape index (κ3) is 3.27. The van der Waals surface area contributed by atoms with Crippen molar-refractivity contribution >= 4 is 19.9 Å². The van der Waals surface area contributed by atoms with Crippen LogP contribution < -0.4 is 4.72 Å². The maximum atomic E-state index is 11.8. The molecule has 1 aromatic carbocycles. The Morgan fingerprint density at radius 2 is 1.76 bits per heavy atom. The van der Waals surface area contributed by atoms with Crippen molar-refractivity contribution in [1.82, 2.24) is 4.72 Å². The van der Waals surface area contributed by atoms with Gasteiger partial charge < -0.3 is 0 Å². The van der Waals surface area contributed by atoms with Crippen LogP contribution in [0.25, 0.3) is 0 Å². The van der Waals surface area contributed by atoms with Gasteiger partial charge in [0.1, 0.15) is 0 Å². The molecule has 0 atom stereocenters. The lowest BCUT2D eigenvalue weighted by molar-refractivity contribution is 0.583. The molecule has 0 radical (unpaired) electrons. The molecule has 0 heterocycles. The summed E-state index contributed by atoms with van der Waals surface area (Å²) in [5, 5.41) is 0. The Morgan fingerprint density at radius 1 is 1.18 bits per heavy atom. The molecule has 0 aromatic heterocycles. The molecular weight excluding hydrogens is 262 g/mol. The van der Waals surface area contributed by atoms with Crippen molar-refractivity contribution in [2.75, 3.05) is 12.8 Å². The number of nitrogens with one attached hydrogen (secondary N) is 1. The summed E-state index contributed by atoms with van der Waals surface area (Å²) in [4.78, 5) is 0.00172. The van der Waals surface area contributed by atoms with Crippen LogP contribution in [-0.4, -0.2) is 29.6 Å². The Labute approximate surface area is 102 Å². The largest absolute Gasteiger partial charge is 0.240 e. The fraction of sp³-hybridized carbons (Fsp3) is 0.400. The highest BCUT2D eigenvalue weighted by atomic mass is 32.2. The van der Waals surface area contributed by atoms with Crippen LogP contribution in [-0.2, 0) is 19.9 Å². The summed E-state index contributed by atoms with van der Waals surface area (Å²) >= 11 is 0. The summed E-state index contributed by atoms with van der Waals surface area (Å²) in [5.41, 5.74) is 0.512. The summed E-state index contributed by atoms with van der Waals surface area (Å²) < 4.78 is 48.7. The predicted molar refractivity (Wildman–Crippen MR) is 65.2 cm³/mol. The van der Waals surface area contributed by atoms with Gasteiger partial charge in [-0.1, -0.05) is 13.0 Å². The lowest BCUT2D eigenvalue weighted by Crippen LogP contribution is -2.24. The first-order valence-electron chi connectivity index (χ1n) is 4.99. The average Bonchev–Trinajstić information content (AvgIpc) is 2.15. The van der Waals surface area contributed by atoms with E-state index in [9.17, 15) is 16.8 Å². The fourth-order valence-corrected chi connectivity index (χ4v) is 3.40. The molecule has 0 amide bonds. The second-order valence-corrected chi connectivity index (χ2v) is 7.45. The molecule has 0 bridgehead atoms. The first kappa shape index (κ1) is 14.1. The fourth-order valence-electron chi connectivity index (χ4n) is 1.37. The SMILES string of the molecule is CCNS(=O)(=O)c1cc(S(C)(=O)=O)ccc1C. The topological polar surface area (TPSA) is 80.3 Å². The molecule has 17 heavy (non-hydrogen) atoms. The predicted octanol–water partition coefficient (Wildman–Crippen LogP) is 0.697. The Hall–Kier alpha value is -0.920. The maximum Gasteiger partial charge on any atom is 0.240 e. The van der Waals surface area contributed by atoms with E-state index in [0.29, 0.717) is 5.56 Å². The van der Waals surface area contributed by atoms with Gasteiger partial charge in [0, 0.05) is 12.8 Å². The van der Waals surface area contributed by atoms with Crippen LogP contribution in [0.1, 0.15) is 12.5 Å². The summed E-state index contributed by atoms with van der Waals surface area (Å²) in [7, 11) is -7.05. The Bertz CT molecular complexity index is 618. The maximum absolute atomic E-state index is 11.8. The highest BCUT2D eigenvalue weighted by Gasteiger charge is 2.18. The Morgan fingerprint density at radius 3 is 2.24 bits per heavy atom. The molecule has 0 saturated heterocycles. The van der Waals surface area contributed by atoms with Gasteiger partial charge in [-0.25, -0.2) is 21.6 Å². The standard InChI is InChI=1S/C10H15NO4S2/c1-4-11-17(14,15)10-7-9(16(3,12)13)6-5-8(10)2/h5-7,11H,4H2,1-3H3. The van der Waals surface area contributed by atoms with Crippen LogP contribution >= 0.6 is 0 Å². The summed E-state index contributed by atoms with van der Waals surface area (Å²) in [6.45, 7) is 3.54. The number of sulfonamides is 1. The van der Waals surface area contributed by atoms with Gasteiger partial charge in [0.25, 0.3) is 0 Å². The number of hydrogen-bond donors (Lipinski definition) is 1. The molecule has 0 fully saturated rings. The second-order valence-electron chi connectivity index (χ2n) is 3.70. The van der Waals surface area contributed by atoms with Gasteiger partial charge >= 0.3 is 0 Å². The van der Waals surface area contributed by atoms with Gasteiger partial charge in [-0.15, -0.1) is 0 Å². The molecule has 0 aliphatic rings. The van der Waals surface area contributed by atoms with Crippen molar-refractivity contribution in [2.24, 2.45) is 0 Å². The first-order valence-corrected chi connectivity index (χ1v) is 8.36. The highest BCUT2D eigenvalue weighted by Crippen LogP contribution is 2.19. The molecule has 0 spiro atoms. The van der Waals surface area contributed by atoms with Crippen molar-refractivity contribution in [3.05, 3.63) is 23.8 Å². The molecule has 1 N–H and O–H groups in total. The quantitative estimate of drug-likeness (QED) is 0.878. The van der Waals surface area contributed by atoms with E-state index in [0.717, 1.165) is 6.26 Å². The van der Waals surface area contributed by atoms with Crippen LogP contribution in [0.3, 0.4) is 0 Å². The molecule has 1 aromatic rings. The third-order valence-electron chi connectivity index (χ3n) is 2.21. The van der Waals surface area contributed by atoms with Crippen molar-refractivity contribution in [2.45, 2.75) is 23.6 Å². The van der Waals surface area contributed by atoms with Crippen molar-refractivity contribution < 1.29 is 16.8 Å². The zero-order valence-electron chi connectivity index (χ0n) is 9.89. The number of sulfone groups is 1. The van der Waals surface area contributed by atoms with Crippen molar-refractivity contribution in [3.63, 3.8) is 0 Å². The smallest absolute Gasteiger partial charge is 0.224 e. The molecular formula is C10H15NO4S2. The van der Waals surface area contributed by atoms with Crippen molar-refractivity contribution in [1.29, 1.82) is 0 Å². The lowest BCUT2D eigenvalue weighted by Gasteiger charge is -2.09. The normalized spacial score (nSPS) is 12.6. The van der Waals surface area contributed by atoms with E-state index >= 15 is 0 Å². The van der Waals surface area contributed by atoms with Crippen LogP contribution in [0, 0.1) is 6.92 Å². The van der Waals surface area contributed by atoms with E-state index < -0.39 is 19.9 Å². The minimum atomic E-state index is -3.64. The monoisotopic (exact) mass is 277 g/mol. The average molecular weight is 277 g/mol. The Kier molecular flexibility index (Phi) is 3.95. The minimum absolute atomic E-state index is 0.000391. The van der Waals surface area contributed by atoms with Gasteiger partial charge in [0.2, 0.25) is 10.0 Å². The molecule has 0 aliphatic carbocycles. The van der Waals surface area contributed by atoms with E-state index in [1.807, 2.05) is 0 Å². The first-order chi connectivity index (χ1) is 7.68. The van der Waals surface area contributed by atoms with Gasteiger partial charge in [-0.3, -0.25) is 0 Å². The molecule has 96 valence electrons. The number of benzene rings is 1. The zero-order valence-corrected chi connectivity index (χ0v) is 11.5. The van der Waals surface area contributed by atoms with Crippen molar-refractivity contribution in [3.8, 4) is 0 Å². The van der Waals surface area contributed by atoms with Gasteiger partial charge in [0.05, 0.1) is 9.79 Å². The van der Waals surface area contributed by atoms with Crippen LogP contribution in [0.15, 0.2) is 28.0 Å². The molecule has 0 saturated carbocycles. The van der Waals surface area contributed by atoms with Crippen LogP contribution in [0.5, 0.6) is 0 Å². The van der Waals surface area contributed by atoms with Gasteiger partial charge in [-0.05, 0) is 24.6 Å². The number of hydrogen-bond acceptors (Lipinski definition) is 4. The van der Waals surface area contributed by atoms with E-state index in [-0.39, 0.29) is 16.3 Å². The van der Waals surface area contributed by atoms with E-state index in [1.54, 1.807) is 13.8 Å². The molecule has 0 aliphatic heterocycles. The number of rotatable bonds is 4. The number of aryl methyl sites for hydroxylation is 1. The van der Waals surface area contributed by atoms with Gasteiger partial charge in [0.15, 0.2) is 9.84 Å². The lowest BCUT2D eigenvalue weighted by atomic mass is 10.2. The Balaban J connectivity index is 3.45. The van der Waals surface area contributed by atoms with E-state index in [4.69, 9.17) is 0 Å². The minimum Gasteiger partial charge on any atom is -0.224 e. The molecule has 7 heteroatoms. The second kappa shape index (κ2) is 4.75. The third-order valence-corrected chi connectivity index (χ3v) is 5.01. The summed E-state index contributed by atoms with van der Waals surface area (Å²) in [6.07, 6.45) is 1.04. The van der Waals surface area contributed by atoms with E-state index in [1.165, 1.54) is 18.2 Å². The highest BCUT2D eigenvalue weighted by molar-refractivity contribution is 7.91. The van der Waals surface area contributed by atoms with E-state index in [2.05, 4.69) is 4.72 Å². The summed E-state index contributed by atoms with van der Waals surface area (Å²) in [5.74, 6) is 0. The summed E-state index contributed by atoms with van der Waals surface area (Å²) in [6, 6.07) is 4.07. The van der Waals surface area contributed by atoms with Crippen LogP contribution in [0.2, 0.25) is 0 Å². The van der Waals surface area contributed by atoms with Crippen LogP contribution in [0.4, 0.5) is 0 Å². The van der Waals surface area contributed by atoms with Gasteiger partial charge in [-0.2, -0.15) is 0 Å².